The molecule has 124 valence electrons. The average Bonchev–Trinajstić information content (AvgIpc) is 3.15. The predicted molar refractivity (Wildman–Crippen MR) is 84.8 cm³/mol. The highest BCUT2D eigenvalue weighted by molar-refractivity contribution is 5.91. The summed E-state index contributed by atoms with van der Waals surface area (Å²) in [6.45, 7) is 1.67. The van der Waals surface area contributed by atoms with Crippen LogP contribution in [0.1, 0.15) is 42.7 Å². The molecule has 1 saturated heterocycles. The summed E-state index contributed by atoms with van der Waals surface area (Å²) in [6.07, 6.45) is 10.4. The standard InChI is InChI=1S/C18H23NO4/c20-17(16-7-4-12-22-16)19-10-8-15(9-11-19)18(21)23-13-14-5-2-1-3-6-14/h1-2,4,7,12,14-15H,3,5-6,8-11,13H2/t14-/m1/s1. The normalized spacial score (nSPS) is 22.1. The molecule has 0 saturated carbocycles. The molecule has 0 radical (unpaired) electrons. The molecule has 5 nitrogen and oxygen atoms in total. The summed E-state index contributed by atoms with van der Waals surface area (Å²) < 4.78 is 10.6. The lowest BCUT2D eigenvalue weighted by Gasteiger charge is -2.30. The molecule has 1 aromatic rings. The van der Waals surface area contributed by atoms with E-state index in [1.165, 1.54) is 6.26 Å². The minimum atomic E-state index is -0.107. The second-order valence-corrected chi connectivity index (χ2v) is 6.32. The van der Waals surface area contributed by atoms with Crippen LogP contribution in [0.4, 0.5) is 0 Å². The van der Waals surface area contributed by atoms with E-state index in [4.69, 9.17) is 9.15 Å². The third-order valence-electron chi connectivity index (χ3n) is 4.69. The minimum Gasteiger partial charge on any atom is -0.465 e. The van der Waals surface area contributed by atoms with E-state index in [0.29, 0.717) is 44.2 Å². The molecule has 1 fully saturated rings. The summed E-state index contributed by atoms with van der Waals surface area (Å²) in [5.41, 5.74) is 0. The van der Waals surface area contributed by atoms with Crippen molar-refractivity contribution in [1.29, 1.82) is 0 Å². The van der Waals surface area contributed by atoms with Crippen molar-refractivity contribution in [1.82, 2.24) is 4.90 Å². The molecule has 1 aliphatic heterocycles. The number of likely N-dealkylation sites (tertiary alicyclic amines) is 1. The molecule has 1 aromatic heterocycles. The number of carbonyl (C=O) groups is 2. The molecule has 1 amide bonds. The lowest BCUT2D eigenvalue weighted by Crippen LogP contribution is -2.40. The van der Waals surface area contributed by atoms with E-state index < -0.39 is 0 Å². The van der Waals surface area contributed by atoms with Gasteiger partial charge in [-0.2, -0.15) is 0 Å². The van der Waals surface area contributed by atoms with Gasteiger partial charge in [0.2, 0.25) is 0 Å². The molecule has 2 heterocycles. The van der Waals surface area contributed by atoms with Crippen LogP contribution in [0.5, 0.6) is 0 Å². The zero-order chi connectivity index (χ0) is 16.1. The van der Waals surface area contributed by atoms with Gasteiger partial charge in [0.1, 0.15) is 0 Å². The Labute approximate surface area is 136 Å². The molecule has 1 atom stereocenters. The molecule has 0 aromatic carbocycles. The van der Waals surface area contributed by atoms with Gasteiger partial charge in [0, 0.05) is 13.1 Å². The lowest BCUT2D eigenvalue weighted by molar-refractivity contribution is -0.151. The third kappa shape index (κ3) is 4.03. The van der Waals surface area contributed by atoms with E-state index in [0.717, 1.165) is 19.3 Å². The van der Waals surface area contributed by atoms with E-state index in [1.807, 2.05) is 0 Å². The number of hydrogen-bond donors (Lipinski definition) is 0. The van der Waals surface area contributed by atoms with Gasteiger partial charge in [0.25, 0.3) is 5.91 Å². The van der Waals surface area contributed by atoms with Gasteiger partial charge in [-0.25, -0.2) is 0 Å². The fourth-order valence-corrected chi connectivity index (χ4v) is 3.20. The van der Waals surface area contributed by atoms with Crippen molar-refractivity contribution in [3.8, 4) is 0 Å². The van der Waals surface area contributed by atoms with Gasteiger partial charge >= 0.3 is 5.97 Å². The van der Waals surface area contributed by atoms with Crippen molar-refractivity contribution >= 4 is 11.9 Å². The van der Waals surface area contributed by atoms with Gasteiger partial charge in [0.05, 0.1) is 18.8 Å². The van der Waals surface area contributed by atoms with Crippen LogP contribution in [0.15, 0.2) is 35.0 Å². The number of hydrogen-bond acceptors (Lipinski definition) is 4. The maximum absolute atomic E-state index is 12.2. The van der Waals surface area contributed by atoms with Crippen LogP contribution >= 0.6 is 0 Å². The Bertz CT molecular complexity index is 556. The van der Waals surface area contributed by atoms with E-state index in [9.17, 15) is 9.59 Å². The predicted octanol–water partition coefficient (Wildman–Crippen LogP) is 3.03. The highest BCUT2D eigenvalue weighted by Crippen LogP contribution is 2.23. The first-order valence-corrected chi connectivity index (χ1v) is 8.38. The summed E-state index contributed by atoms with van der Waals surface area (Å²) in [6, 6.07) is 3.37. The summed E-state index contributed by atoms with van der Waals surface area (Å²) >= 11 is 0. The van der Waals surface area contributed by atoms with Crippen LogP contribution in [0.2, 0.25) is 0 Å². The van der Waals surface area contributed by atoms with Gasteiger partial charge in [-0.3, -0.25) is 9.59 Å². The van der Waals surface area contributed by atoms with Gasteiger partial charge in [0.15, 0.2) is 5.76 Å². The van der Waals surface area contributed by atoms with Crippen molar-refractivity contribution in [3.63, 3.8) is 0 Å². The van der Waals surface area contributed by atoms with Crippen LogP contribution in [0, 0.1) is 11.8 Å². The molecule has 3 rings (SSSR count). The Kier molecular flexibility index (Phi) is 5.16. The number of amides is 1. The van der Waals surface area contributed by atoms with Crippen molar-refractivity contribution in [2.45, 2.75) is 32.1 Å². The van der Waals surface area contributed by atoms with Gasteiger partial charge in [-0.1, -0.05) is 12.2 Å². The molecule has 2 aliphatic rings. The van der Waals surface area contributed by atoms with Crippen LogP contribution in [0.25, 0.3) is 0 Å². The number of allylic oxidation sites excluding steroid dienone is 2. The van der Waals surface area contributed by atoms with Gasteiger partial charge < -0.3 is 14.1 Å². The Morgan fingerprint density at radius 2 is 2.04 bits per heavy atom. The second-order valence-electron chi connectivity index (χ2n) is 6.32. The maximum atomic E-state index is 12.2. The largest absolute Gasteiger partial charge is 0.465 e. The van der Waals surface area contributed by atoms with Crippen LogP contribution in [-0.2, 0) is 9.53 Å². The van der Waals surface area contributed by atoms with E-state index >= 15 is 0 Å². The first-order chi connectivity index (χ1) is 11.2. The number of furan rings is 1. The number of ether oxygens (including phenoxy) is 1. The van der Waals surface area contributed by atoms with Crippen molar-refractivity contribution in [2.75, 3.05) is 19.7 Å². The lowest BCUT2D eigenvalue weighted by atomic mass is 9.94. The molecular weight excluding hydrogens is 294 g/mol. The molecule has 23 heavy (non-hydrogen) atoms. The van der Waals surface area contributed by atoms with Crippen molar-refractivity contribution in [3.05, 3.63) is 36.3 Å². The quantitative estimate of drug-likeness (QED) is 0.632. The molecule has 5 heteroatoms. The third-order valence-corrected chi connectivity index (χ3v) is 4.69. The Morgan fingerprint density at radius 1 is 1.22 bits per heavy atom. The Morgan fingerprint density at radius 3 is 2.70 bits per heavy atom. The molecule has 0 spiro atoms. The number of carbonyl (C=O) groups excluding carboxylic acids is 2. The van der Waals surface area contributed by atoms with Crippen LogP contribution in [-0.4, -0.2) is 36.5 Å². The highest BCUT2D eigenvalue weighted by atomic mass is 16.5. The molecule has 0 N–H and O–H groups in total. The fraction of sp³-hybridized carbons (Fsp3) is 0.556. The van der Waals surface area contributed by atoms with Crippen molar-refractivity contribution < 1.29 is 18.7 Å². The molecule has 0 bridgehead atoms. The van der Waals surface area contributed by atoms with E-state index in [1.54, 1.807) is 17.0 Å². The second kappa shape index (κ2) is 7.49. The summed E-state index contributed by atoms with van der Waals surface area (Å²) in [4.78, 5) is 26.1. The smallest absolute Gasteiger partial charge is 0.309 e. The molecular formula is C18H23NO4. The Hall–Kier alpha value is -2.04. The first kappa shape index (κ1) is 15.8. The van der Waals surface area contributed by atoms with Crippen LogP contribution in [0.3, 0.4) is 0 Å². The first-order valence-electron chi connectivity index (χ1n) is 8.38. The minimum absolute atomic E-state index is 0.0882. The average molecular weight is 317 g/mol. The molecule has 0 unspecified atom stereocenters. The van der Waals surface area contributed by atoms with E-state index in [2.05, 4.69) is 12.2 Å². The summed E-state index contributed by atoms with van der Waals surface area (Å²) in [5.74, 6) is 0.524. The number of piperidine rings is 1. The SMILES string of the molecule is O=C(OC[C@@H]1CC=CCC1)C1CCN(C(=O)c2ccco2)CC1. The van der Waals surface area contributed by atoms with Gasteiger partial charge in [-0.15, -0.1) is 0 Å². The zero-order valence-corrected chi connectivity index (χ0v) is 13.3. The Balaban J connectivity index is 1.42. The monoisotopic (exact) mass is 317 g/mol. The van der Waals surface area contributed by atoms with E-state index in [-0.39, 0.29) is 17.8 Å². The fourth-order valence-electron chi connectivity index (χ4n) is 3.20. The molecule has 1 aliphatic carbocycles. The number of nitrogens with zero attached hydrogens (tertiary/aromatic N) is 1. The summed E-state index contributed by atoms with van der Waals surface area (Å²) in [5, 5.41) is 0. The highest BCUT2D eigenvalue weighted by Gasteiger charge is 2.30. The van der Waals surface area contributed by atoms with Gasteiger partial charge in [-0.05, 0) is 50.2 Å². The summed E-state index contributed by atoms with van der Waals surface area (Å²) in [7, 11) is 0. The topological polar surface area (TPSA) is 59.8 Å². The zero-order valence-electron chi connectivity index (χ0n) is 13.3. The van der Waals surface area contributed by atoms with Crippen molar-refractivity contribution in [2.24, 2.45) is 11.8 Å². The van der Waals surface area contributed by atoms with Crippen LogP contribution < -0.4 is 0 Å². The number of esters is 1. The number of rotatable bonds is 4. The maximum Gasteiger partial charge on any atom is 0.309 e.